The summed E-state index contributed by atoms with van der Waals surface area (Å²) in [6.45, 7) is 4.17. The quantitative estimate of drug-likeness (QED) is 0.501. The van der Waals surface area contributed by atoms with Crippen molar-refractivity contribution in [2.24, 2.45) is 5.92 Å². The molecule has 1 aromatic carbocycles. The molecule has 1 spiro atoms. The van der Waals surface area contributed by atoms with Crippen molar-refractivity contribution in [3.05, 3.63) is 45.4 Å². The Morgan fingerprint density at radius 2 is 2.03 bits per heavy atom. The summed E-state index contributed by atoms with van der Waals surface area (Å²) < 4.78 is 0. The summed E-state index contributed by atoms with van der Waals surface area (Å²) in [4.78, 5) is 12.6. The van der Waals surface area contributed by atoms with Crippen LogP contribution in [0.25, 0.3) is 0 Å². The van der Waals surface area contributed by atoms with Crippen molar-refractivity contribution < 1.29 is 0 Å². The van der Waals surface area contributed by atoms with Crippen LogP contribution in [0.4, 0.5) is 11.5 Å². The molecule has 0 bridgehead atoms. The predicted octanol–water partition coefficient (Wildman–Crippen LogP) is 5.28. The van der Waals surface area contributed by atoms with Crippen molar-refractivity contribution in [1.29, 1.82) is 0 Å². The van der Waals surface area contributed by atoms with Gasteiger partial charge >= 0.3 is 0 Å². The number of terminal acetylenes is 1. The average Bonchev–Trinajstić information content (AvgIpc) is 3.04. The molecule has 0 radical (unpaired) electrons. The Morgan fingerprint density at radius 1 is 1.16 bits per heavy atom. The molecule has 2 aromatic rings. The average molecular weight is 449 g/mol. The maximum Gasteiger partial charge on any atom is 0.135 e. The van der Waals surface area contributed by atoms with Crippen molar-refractivity contribution in [2.45, 2.75) is 76.5 Å². The second-order valence-electron chi connectivity index (χ2n) is 9.86. The number of nitrogen functional groups attached to an aromatic ring is 1. The lowest BCUT2D eigenvalue weighted by atomic mass is 9.62. The van der Waals surface area contributed by atoms with Gasteiger partial charge in [0.2, 0.25) is 0 Å². The minimum absolute atomic E-state index is 0.0869. The van der Waals surface area contributed by atoms with Crippen LogP contribution in [0.3, 0.4) is 0 Å². The molecule has 2 heterocycles. The summed E-state index contributed by atoms with van der Waals surface area (Å²) in [6.07, 6.45) is 16.3. The van der Waals surface area contributed by atoms with Gasteiger partial charge in [-0.1, -0.05) is 18.5 Å². The number of aromatic nitrogens is 2. The second kappa shape index (κ2) is 8.60. The SMILES string of the molecule is C#CC1CCCN(c2nc(CC)nc3c2CCC2(CCCc4c(Cl)cc(N)cc42)C3)CC1. The van der Waals surface area contributed by atoms with Crippen LogP contribution >= 0.6 is 11.6 Å². The molecule has 4 nitrogen and oxygen atoms in total. The molecule has 32 heavy (non-hydrogen) atoms. The fraction of sp³-hybridized carbons (Fsp3) is 0.556. The smallest absolute Gasteiger partial charge is 0.135 e. The van der Waals surface area contributed by atoms with E-state index in [0.29, 0.717) is 5.92 Å². The highest BCUT2D eigenvalue weighted by atomic mass is 35.5. The number of anilines is 2. The Bertz CT molecular complexity index is 1070. The highest BCUT2D eigenvalue weighted by Crippen LogP contribution is 2.49. The zero-order valence-electron chi connectivity index (χ0n) is 19.1. The Morgan fingerprint density at radius 3 is 2.84 bits per heavy atom. The van der Waals surface area contributed by atoms with E-state index >= 15 is 0 Å². The second-order valence-corrected chi connectivity index (χ2v) is 10.3. The minimum Gasteiger partial charge on any atom is -0.399 e. The van der Waals surface area contributed by atoms with E-state index in [9.17, 15) is 0 Å². The third-order valence-corrected chi connectivity index (χ3v) is 8.26. The van der Waals surface area contributed by atoms with E-state index in [1.165, 1.54) is 41.0 Å². The Kier molecular flexibility index (Phi) is 5.80. The van der Waals surface area contributed by atoms with Crippen molar-refractivity contribution >= 4 is 23.1 Å². The van der Waals surface area contributed by atoms with Crippen molar-refractivity contribution in [2.75, 3.05) is 23.7 Å². The fourth-order valence-corrected chi connectivity index (χ4v) is 6.53. The molecule has 168 valence electrons. The number of aryl methyl sites for hydroxylation is 1. The summed E-state index contributed by atoms with van der Waals surface area (Å²) in [7, 11) is 0. The van der Waals surface area contributed by atoms with Crippen LogP contribution in [0.15, 0.2) is 12.1 Å². The molecule has 2 N–H and O–H groups in total. The van der Waals surface area contributed by atoms with Gasteiger partial charge in [0, 0.05) is 47.1 Å². The van der Waals surface area contributed by atoms with Crippen LogP contribution in [-0.2, 0) is 31.1 Å². The summed E-state index contributed by atoms with van der Waals surface area (Å²) in [5, 5.41) is 0.829. The molecule has 1 saturated heterocycles. The third-order valence-electron chi connectivity index (χ3n) is 7.93. The number of nitrogens with zero attached hydrogens (tertiary/aromatic N) is 3. The number of rotatable bonds is 2. The molecule has 5 rings (SSSR count). The standard InChI is InChI=1S/C27H33ClN4/c1-3-18-7-6-13-32(14-10-18)26-21-9-12-27(17-24(21)30-25(4-2)31-26)11-5-8-20-22(27)15-19(29)16-23(20)28/h1,15-16,18H,4-14,17,29H2,2H3. The van der Waals surface area contributed by atoms with Gasteiger partial charge in [-0.25, -0.2) is 9.97 Å². The molecule has 1 aromatic heterocycles. The highest BCUT2D eigenvalue weighted by molar-refractivity contribution is 6.31. The van der Waals surface area contributed by atoms with Gasteiger partial charge in [0.1, 0.15) is 11.6 Å². The van der Waals surface area contributed by atoms with Crippen molar-refractivity contribution in [3.8, 4) is 12.3 Å². The molecule has 0 saturated carbocycles. The number of benzene rings is 1. The summed E-state index contributed by atoms with van der Waals surface area (Å²) in [5.74, 6) is 5.49. The maximum atomic E-state index is 6.64. The Balaban J connectivity index is 1.54. The van der Waals surface area contributed by atoms with Crippen molar-refractivity contribution in [3.63, 3.8) is 0 Å². The van der Waals surface area contributed by atoms with E-state index in [1.807, 2.05) is 6.07 Å². The van der Waals surface area contributed by atoms with Crippen molar-refractivity contribution in [1.82, 2.24) is 9.97 Å². The van der Waals surface area contributed by atoms with Gasteiger partial charge in [0.15, 0.2) is 0 Å². The van der Waals surface area contributed by atoms with Crippen LogP contribution in [0, 0.1) is 18.3 Å². The van der Waals surface area contributed by atoms with Crippen LogP contribution < -0.4 is 10.6 Å². The number of nitrogens with two attached hydrogens (primary N) is 1. The summed E-state index contributed by atoms with van der Waals surface area (Å²) in [5.41, 5.74) is 12.4. The zero-order valence-corrected chi connectivity index (χ0v) is 19.8. The lowest BCUT2D eigenvalue weighted by Crippen LogP contribution is -2.39. The van der Waals surface area contributed by atoms with E-state index in [-0.39, 0.29) is 5.41 Å². The monoisotopic (exact) mass is 448 g/mol. The molecule has 1 aliphatic heterocycles. The molecule has 5 heteroatoms. The van der Waals surface area contributed by atoms with Crippen LogP contribution in [-0.4, -0.2) is 23.1 Å². The first-order chi connectivity index (χ1) is 15.5. The first kappa shape index (κ1) is 21.6. The summed E-state index contributed by atoms with van der Waals surface area (Å²) in [6, 6.07) is 4.09. The van der Waals surface area contributed by atoms with Crippen LogP contribution in [0.2, 0.25) is 5.02 Å². The molecule has 3 aliphatic rings. The number of hydrogen-bond donors (Lipinski definition) is 1. The zero-order chi connectivity index (χ0) is 22.3. The number of hydrogen-bond acceptors (Lipinski definition) is 4. The molecular weight excluding hydrogens is 416 g/mol. The first-order valence-electron chi connectivity index (χ1n) is 12.2. The Hall–Kier alpha value is -2.25. The van der Waals surface area contributed by atoms with Gasteiger partial charge in [0.05, 0.1) is 5.69 Å². The Labute approximate surface area is 197 Å². The molecular formula is C27H33ClN4. The number of fused-ring (bicyclic) bond motifs is 3. The maximum absolute atomic E-state index is 6.64. The number of halogens is 1. The van der Waals surface area contributed by atoms with E-state index in [0.717, 1.165) is 81.0 Å². The summed E-state index contributed by atoms with van der Waals surface area (Å²) >= 11 is 6.64. The fourth-order valence-electron chi connectivity index (χ4n) is 6.20. The van der Waals surface area contributed by atoms with E-state index < -0.39 is 0 Å². The van der Waals surface area contributed by atoms with Gasteiger partial charge in [-0.2, -0.15) is 0 Å². The minimum atomic E-state index is 0.0869. The molecule has 2 aliphatic carbocycles. The van der Waals surface area contributed by atoms with Crippen LogP contribution in [0.1, 0.15) is 73.7 Å². The molecule has 1 fully saturated rings. The van der Waals surface area contributed by atoms with Crippen LogP contribution in [0.5, 0.6) is 0 Å². The largest absolute Gasteiger partial charge is 0.399 e. The van der Waals surface area contributed by atoms with Gasteiger partial charge in [-0.15, -0.1) is 12.3 Å². The predicted molar refractivity (Wildman–Crippen MR) is 132 cm³/mol. The van der Waals surface area contributed by atoms with Gasteiger partial charge < -0.3 is 10.6 Å². The normalized spacial score (nSPS) is 25.0. The highest BCUT2D eigenvalue weighted by Gasteiger charge is 2.42. The third kappa shape index (κ3) is 3.75. The van der Waals surface area contributed by atoms with Gasteiger partial charge in [0.25, 0.3) is 0 Å². The lowest BCUT2D eigenvalue weighted by Gasteiger charge is -2.43. The molecule has 2 atom stereocenters. The van der Waals surface area contributed by atoms with E-state index in [2.05, 4.69) is 23.8 Å². The topological polar surface area (TPSA) is 55.0 Å². The first-order valence-corrected chi connectivity index (χ1v) is 12.6. The van der Waals surface area contributed by atoms with Gasteiger partial charge in [-0.3, -0.25) is 0 Å². The van der Waals surface area contributed by atoms with E-state index in [4.69, 9.17) is 33.7 Å². The molecule has 2 unspecified atom stereocenters. The van der Waals surface area contributed by atoms with Gasteiger partial charge in [-0.05, 0) is 81.0 Å². The lowest BCUT2D eigenvalue weighted by molar-refractivity contribution is 0.312. The molecule has 0 amide bonds. The van der Waals surface area contributed by atoms with E-state index in [1.54, 1.807) is 0 Å².